The van der Waals surface area contributed by atoms with Crippen LogP contribution in [0, 0.1) is 0 Å². The number of H-pyrrole nitrogens is 1. The Bertz CT molecular complexity index is 1450. The van der Waals surface area contributed by atoms with Gasteiger partial charge in [-0.05, 0) is 17.7 Å². The van der Waals surface area contributed by atoms with E-state index >= 15 is 0 Å². The van der Waals surface area contributed by atoms with Crippen LogP contribution < -0.4 is 11.1 Å². The lowest BCUT2D eigenvalue weighted by atomic mass is 10.1. The number of hydrogen-bond donors (Lipinski definition) is 2. The van der Waals surface area contributed by atoms with Gasteiger partial charge >= 0.3 is 5.76 Å². The fourth-order valence-corrected chi connectivity index (χ4v) is 3.55. The first kappa shape index (κ1) is 20.2. The number of benzene rings is 3. The number of rotatable bonds is 6. The Kier molecular flexibility index (Phi) is 5.38. The van der Waals surface area contributed by atoms with E-state index in [1.165, 1.54) is 0 Å². The van der Waals surface area contributed by atoms with Gasteiger partial charge in [0.2, 0.25) is 0 Å². The predicted molar refractivity (Wildman–Crippen MR) is 124 cm³/mol. The maximum absolute atomic E-state index is 13.3. The normalized spacial score (nSPS) is 10.8. The minimum atomic E-state index is -0.641. The maximum Gasteiger partial charge on any atom is 0.439 e. The second-order valence-electron chi connectivity index (χ2n) is 7.42. The molecule has 8 nitrogen and oxygen atoms in total. The molecule has 5 aromatic rings. The third-order valence-corrected chi connectivity index (χ3v) is 5.08. The minimum Gasteiger partial charge on any atom is -0.322 e. The van der Waals surface area contributed by atoms with Gasteiger partial charge in [-0.15, -0.1) is 0 Å². The highest BCUT2D eigenvalue weighted by atomic mass is 16.5. The zero-order chi connectivity index (χ0) is 22.6. The summed E-state index contributed by atoms with van der Waals surface area (Å²) in [6.45, 7) is 0.545. The fraction of sp³-hybridized carbons (Fsp3) is 0.0400. The molecule has 0 spiro atoms. The van der Waals surface area contributed by atoms with Gasteiger partial charge in [0.1, 0.15) is 5.69 Å². The molecule has 2 aromatic heterocycles. The number of nitrogens with zero attached hydrogens (tertiary/aromatic N) is 3. The molecule has 5 rings (SSSR count). The summed E-state index contributed by atoms with van der Waals surface area (Å²) in [4.78, 5) is 27.0. The van der Waals surface area contributed by atoms with Crippen molar-refractivity contribution in [1.82, 2.24) is 19.9 Å². The van der Waals surface area contributed by atoms with Crippen LogP contribution in [0.4, 0.5) is 5.69 Å². The number of aromatic nitrogens is 4. The van der Waals surface area contributed by atoms with Gasteiger partial charge in [-0.1, -0.05) is 78.0 Å². The smallest absolute Gasteiger partial charge is 0.322 e. The molecule has 2 N–H and O–H groups in total. The first-order valence-corrected chi connectivity index (χ1v) is 10.3. The van der Waals surface area contributed by atoms with Crippen molar-refractivity contribution in [3.63, 3.8) is 0 Å². The van der Waals surface area contributed by atoms with Gasteiger partial charge in [0.25, 0.3) is 5.91 Å². The Hall–Kier alpha value is -4.72. The number of carbonyl (C=O) groups excluding carboxylic acids is 1. The Balaban J connectivity index is 1.46. The molecule has 0 atom stereocenters. The van der Waals surface area contributed by atoms with E-state index in [4.69, 9.17) is 5.10 Å². The zero-order valence-corrected chi connectivity index (χ0v) is 17.4. The molecule has 0 saturated carbocycles. The van der Waals surface area contributed by atoms with E-state index in [2.05, 4.69) is 20.0 Å². The van der Waals surface area contributed by atoms with Crippen LogP contribution in [0.3, 0.4) is 0 Å². The Labute approximate surface area is 188 Å². The average molecular weight is 437 g/mol. The van der Waals surface area contributed by atoms with Crippen molar-refractivity contribution >= 4 is 11.6 Å². The molecule has 8 heteroatoms. The second kappa shape index (κ2) is 8.80. The van der Waals surface area contributed by atoms with Crippen molar-refractivity contribution < 1.29 is 9.32 Å². The number of anilines is 1. The SMILES string of the molecule is O=C(Nc1cccc(-c2noc(=O)[nH]2)c1)c1cn(Cc2ccccc2)nc1-c1ccccc1. The van der Waals surface area contributed by atoms with Crippen LogP contribution in [0.5, 0.6) is 0 Å². The summed E-state index contributed by atoms with van der Waals surface area (Å²) < 4.78 is 6.33. The van der Waals surface area contributed by atoms with Gasteiger partial charge in [0.05, 0.1) is 12.1 Å². The summed E-state index contributed by atoms with van der Waals surface area (Å²) in [5.74, 6) is -0.645. The van der Waals surface area contributed by atoms with Gasteiger partial charge in [0, 0.05) is 23.0 Å². The molecule has 162 valence electrons. The van der Waals surface area contributed by atoms with Gasteiger partial charge in [-0.2, -0.15) is 5.10 Å². The summed E-state index contributed by atoms with van der Waals surface area (Å²) in [6, 6.07) is 26.5. The van der Waals surface area contributed by atoms with Crippen LogP contribution in [0.1, 0.15) is 15.9 Å². The van der Waals surface area contributed by atoms with E-state index in [0.717, 1.165) is 11.1 Å². The van der Waals surface area contributed by atoms with Crippen molar-refractivity contribution in [2.75, 3.05) is 5.32 Å². The quantitative estimate of drug-likeness (QED) is 0.414. The lowest BCUT2D eigenvalue weighted by molar-refractivity contribution is 0.102. The van der Waals surface area contributed by atoms with Crippen LogP contribution in [0.15, 0.2) is 100 Å². The van der Waals surface area contributed by atoms with Crippen LogP contribution in [-0.4, -0.2) is 25.8 Å². The lowest BCUT2D eigenvalue weighted by Crippen LogP contribution is -2.12. The molecule has 0 radical (unpaired) electrons. The molecule has 0 bridgehead atoms. The molecule has 1 amide bonds. The maximum atomic E-state index is 13.3. The molecule has 0 aliphatic carbocycles. The predicted octanol–water partition coefficient (Wildman–Crippen LogP) is 4.19. The Morgan fingerprint density at radius 1 is 0.939 bits per heavy atom. The number of hydrogen-bond acceptors (Lipinski definition) is 5. The minimum absolute atomic E-state index is 0.289. The molecule has 0 aliphatic heterocycles. The lowest BCUT2D eigenvalue weighted by Gasteiger charge is -2.06. The van der Waals surface area contributed by atoms with E-state index in [1.807, 2.05) is 60.7 Å². The molecule has 2 heterocycles. The van der Waals surface area contributed by atoms with E-state index < -0.39 is 5.76 Å². The van der Waals surface area contributed by atoms with Crippen molar-refractivity contribution in [3.05, 3.63) is 113 Å². The number of nitrogens with one attached hydrogen (secondary N) is 2. The first-order valence-electron chi connectivity index (χ1n) is 10.3. The summed E-state index contributed by atoms with van der Waals surface area (Å²) in [6.07, 6.45) is 1.75. The van der Waals surface area contributed by atoms with E-state index in [1.54, 1.807) is 35.1 Å². The largest absolute Gasteiger partial charge is 0.439 e. The average Bonchev–Trinajstić information content (AvgIpc) is 3.47. The van der Waals surface area contributed by atoms with E-state index in [-0.39, 0.29) is 11.7 Å². The van der Waals surface area contributed by atoms with E-state index in [0.29, 0.717) is 29.1 Å². The number of carbonyl (C=O) groups is 1. The zero-order valence-electron chi connectivity index (χ0n) is 17.4. The molecule has 3 aromatic carbocycles. The fourth-order valence-electron chi connectivity index (χ4n) is 3.55. The molecular weight excluding hydrogens is 418 g/mol. The van der Waals surface area contributed by atoms with Crippen LogP contribution in [0.2, 0.25) is 0 Å². The topological polar surface area (TPSA) is 106 Å². The van der Waals surface area contributed by atoms with Crippen molar-refractivity contribution in [2.45, 2.75) is 6.54 Å². The van der Waals surface area contributed by atoms with Crippen molar-refractivity contribution in [3.8, 4) is 22.6 Å². The standard InChI is InChI=1S/C25H19N5O3/c31-24(26-20-13-7-12-19(14-20)23-27-25(32)33-29-23)21-16-30(15-17-8-3-1-4-9-17)28-22(21)18-10-5-2-6-11-18/h1-14,16H,15H2,(H,26,31)(H,27,29,32). The molecule has 0 saturated heterocycles. The summed E-state index contributed by atoms with van der Waals surface area (Å²) in [7, 11) is 0. The third-order valence-electron chi connectivity index (χ3n) is 5.08. The Morgan fingerprint density at radius 3 is 2.39 bits per heavy atom. The first-order chi connectivity index (χ1) is 16.2. The van der Waals surface area contributed by atoms with Crippen molar-refractivity contribution in [1.29, 1.82) is 0 Å². The van der Waals surface area contributed by atoms with Gasteiger partial charge < -0.3 is 5.32 Å². The second-order valence-corrected chi connectivity index (χ2v) is 7.42. The summed E-state index contributed by atoms with van der Waals surface area (Å²) >= 11 is 0. The highest BCUT2D eigenvalue weighted by molar-refractivity contribution is 6.08. The molecule has 0 unspecified atom stereocenters. The summed E-state index contributed by atoms with van der Waals surface area (Å²) in [5.41, 5.74) is 4.15. The van der Waals surface area contributed by atoms with Gasteiger partial charge in [-0.25, -0.2) is 4.79 Å². The Morgan fingerprint density at radius 2 is 1.67 bits per heavy atom. The van der Waals surface area contributed by atoms with Crippen LogP contribution in [0.25, 0.3) is 22.6 Å². The van der Waals surface area contributed by atoms with Crippen molar-refractivity contribution in [2.24, 2.45) is 0 Å². The number of amides is 1. The molecule has 0 fully saturated rings. The highest BCUT2D eigenvalue weighted by Gasteiger charge is 2.19. The van der Waals surface area contributed by atoms with Crippen LogP contribution >= 0.6 is 0 Å². The summed E-state index contributed by atoms with van der Waals surface area (Å²) in [5, 5.41) is 11.3. The highest BCUT2D eigenvalue weighted by Crippen LogP contribution is 2.25. The van der Waals surface area contributed by atoms with Crippen LogP contribution in [-0.2, 0) is 6.54 Å². The molecular formula is C25H19N5O3. The molecule has 33 heavy (non-hydrogen) atoms. The van der Waals surface area contributed by atoms with E-state index in [9.17, 15) is 9.59 Å². The van der Waals surface area contributed by atoms with Gasteiger partial charge in [-0.3, -0.25) is 19.0 Å². The van der Waals surface area contributed by atoms with Gasteiger partial charge in [0.15, 0.2) is 5.82 Å². The molecule has 0 aliphatic rings. The third kappa shape index (κ3) is 4.49. The monoisotopic (exact) mass is 437 g/mol. The number of aromatic amines is 1.